The second-order valence-corrected chi connectivity index (χ2v) is 5.57. The Balaban J connectivity index is 1.87. The van der Waals surface area contributed by atoms with Crippen LogP contribution in [0, 0.1) is 5.92 Å². The van der Waals surface area contributed by atoms with Crippen LogP contribution >= 0.6 is 0 Å². The molecule has 0 bridgehead atoms. The maximum atomic E-state index is 11.3. The summed E-state index contributed by atoms with van der Waals surface area (Å²) in [6, 6.07) is 1.93. The standard InChI is InChI=1S/C15H15N5O2/c21-15(22)9-2-1-5-20(7-9)11-3-4-16-10-6-17-14-13(12(10)11)18-8-19-14/h3-4,6,8-9H,1-2,5,7H2,(H,21,22)(H,17,18,19). The van der Waals surface area contributed by atoms with Crippen molar-refractivity contribution in [3.63, 3.8) is 0 Å². The first-order chi connectivity index (χ1) is 10.7. The van der Waals surface area contributed by atoms with E-state index in [4.69, 9.17) is 0 Å². The average molecular weight is 297 g/mol. The number of aromatic nitrogens is 4. The van der Waals surface area contributed by atoms with E-state index in [-0.39, 0.29) is 5.92 Å². The van der Waals surface area contributed by atoms with Crippen LogP contribution in [0.5, 0.6) is 0 Å². The summed E-state index contributed by atoms with van der Waals surface area (Å²) in [5.74, 6) is -1.05. The summed E-state index contributed by atoms with van der Waals surface area (Å²) in [7, 11) is 0. The van der Waals surface area contributed by atoms with Crippen LogP contribution in [-0.4, -0.2) is 44.1 Å². The SMILES string of the molecule is O=C(O)C1CCCN(c2ccnc3cnc4[nH]cnc4c23)C1. The van der Waals surface area contributed by atoms with Gasteiger partial charge in [0, 0.05) is 19.3 Å². The zero-order chi connectivity index (χ0) is 15.1. The number of hydrogen-bond acceptors (Lipinski definition) is 5. The number of imidazole rings is 1. The molecule has 0 saturated carbocycles. The van der Waals surface area contributed by atoms with Gasteiger partial charge in [0.25, 0.3) is 0 Å². The first-order valence-electron chi connectivity index (χ1n) is 7.28. The Kier molecular flexibility index (Phi) is 2.92. The lowest BCUT2D eigenvalue weighted by Crippen LogP contribution is -2.38. The number of aliphatic carboxylic acids is 1. The Morgan fingerprint density at radius 1 is 1.36 bits per heavy atom. The first kappa shape index (κ1) is 13.0. The third-order valence-corrected chi connectivity index (χ3v) is 4.24. The van der Waals surface area contributed by atoms with Crippen molar-refractivity contribution in [3.8, 4) is 0 Å². The summed E-state index contributed by atoms with van der Waals surface area (Å²) in [5, 5.41) is 10.2. The van der Waals surface area contributed by atoms with Crippen LogP contribution in [0.3, 0.4) is 0 Å². The van der Waals surface area contributed by atoms with Gasteiger partial charge in [-0.05, 0) is 18.9 Å². The minimum absolute atomic E-state index is 0.325. The smallest absolute Gasteiger partial charge is 0.308 e. The Bertz CT molecular complexity index is 859. The summed E-state index contributed by atoms with van der Waals surface area (Å²) in [4.78, 5) is 29.5. The van der Waals surface area contributed by atoms with Crippen LogP contribution in [-0.2, 0) is 4.79 Å². The van der Waals surface area contributed by atoms with E-state index in [9.17, 15) is 9.90 Å². The van der Waals surface area contributed by atoms with Gasteiger partial charge in [0.15, 0.2) is 5.65 Å². The number of carbonyl (C=O) groups is 1. The molecule has 0 radical (unpaired) electrons. The molecule has 1 aliphatic heterocycles. The van der Waals surface area contributed by atoms with Crippen LogP contribution < -0.4 is 4.90 Å². The number of fused-ring (bicyclic) bond motifs is 3. The molecular formula is C15H15N5O2. The van der Waals surface area contributed by atoms with Crippen molar-refractivity contribution in [2.24, 2.45) is 5.92 Å². The maximum Gasteiger partial charge on any atom is 0.308 e. The highest BCUT2D eigenvalue weighted by Crippen LogP contribution is 2.32. The molecule has 0 aliphatic carbocycles. The minimum Gasteiger partial charge on any atom is -0.481 e. The lowest BCUT2D eigenvalue weighted by atomic mass is 9.97. The van der Waals surface area contributed by atoms with E-state index < -0.39 is 5.97 Å². The second kappa shape index (κ2) is 4.94. The highest BCUT2D eigenvalue weighted by Gasteiger charge is 2.27. The molecule has 1 saturated heterocycles. The van der Waals surface area contributed by atoms with Gasteiger partial charge in [-0.15, -0.1) is 0 Å². The Hall–Kier alpha value is -2.70. The Labute approximate surface area is 126 Å². The molecule has 4 rings (SSSR count). The van der Waals surface area contributed by atoms with Gasteiger partial charge in [0.05, 0.1) is 35.0 Å². The number of carboxylic acid groups (broad SMARTS) is 1. The first-order valence-corrected chi connectivity index (χ1v) is 7.28. The third kappa shape index (κ3) is 1.97. The molecular weight excluding hydrogens is 282 g/mol. The Morgan fingerprint density at radius 3 is 3.14 bits per heavy atom. The normalized spacial score (nSPS) is 18.9. The number of H-pyrrole nitrogens is 1. The quantitative estimate of drug-likeness (QED) is 0.749. The monoisotopic (exact) mass is 297 g/mol. The van der Waals surface area contributed by atoms with Crippen molar-refractivity contribution < 1.29 is 9.90 Å². The number of anilines is 1. The van der Waals surface area contributed by atoms with E-state index in [0.717, 1.165) is 41.5 Å². The van der Waals surface area contributed by atoms with Crippen LogP contribution in [0.25, 0.3) is 22.1 Å². The number of nitrogens with zero attached hydrogens (tertiary/aromatic N) is 4. The van der Waals surface area contributed by atoms with Crippen molar-refractivity contribution in [1.82, 2.24) is 19.9 Å². The fourth-order valence-electron chi connectivity index (χ4n) is 3.16. The fourth-order valence-corrected chi connectivity index (χ4v) is 3.16. The van der Waals surface area contributed by atoms with Crippen LogP contribution in [0.4, 0.5) is 5.69 Å². The number of pyridine rings is 2. The van der Waals surface area contributed by atoms with Gasteiger partial charge in [-0.25, -0.2) is 9.97 Å². The molecule has 1 fully saturated rings. The van der Waals surface area contributed by atoms with E-state index in [0.29, 0.717) is 12.2 Å². The molecule has 4 heterocycles. The molecule has 7 heteroatoms. The zero-order valence-corrected chi connectivity index (χ0v) is 11.9. The van der Waals surface area contributed by atoms with E-state index in [1.54, 1.807) is 18.7 Å². The molecule has 1 atom stereocenters. The summed E-state index contributed by atoms with van der Waals surface area (Å²) >= 11 is 0. The predicted octanol–water partition coefficient (Wildman–Crippen LogP) is 1.81. The number of hydrogen-bond donors (Lipinski definition) is 2. The van der Waals surface area contributed by atoms with Crippen LogP contribution in [0.1, 0.15) is 12.8 Å². The van der Waals surface area contributed by atoms with Crippen molar-refractivity contribution in [1.29, 1.82) is 0 Å². The molecule has 2 N–H and O–H groups in total. The molecule has 1 aliphatic rings. The summed E-state index contributed by atoms with van der Waals surface area (Å²) in [5.41, 5.74) is 3.25. The molecule has 3 aromatic rings. The third-order valence-electron chi connectivity index (χ3n) is 4.24. The zero-order valence-electron chi connectivity index (χ0n) is 11.9. The largest absolute Gasteiger partial charge is 0.481 e. The molecule has 3 aromatic heterocycles. The number of carboxylic acids is 1. The van der Waals surface area contributed by atoms with Gasteiger partial charge in [-0.3, -0.25) is 9.78 Å². The Morgan fingerprint density at radius 2 is 2.27 bits per heavy atom. The van der Waals surface area contributed by atoms with E-state index >= 15 is 0 Å². The molecule has 0 amide bonds. The van der Waals surface area contributed by atoms with E-state index in [1.807, 2.05) is 6.07 Å². The minimum atomic E-state index is -0.727. The molecule has 0 aromatic carbocycles. The molecule has 22 heavy (non-hydrogen) atoms. The highest BCUT2D eigenvalue weighted by atomic mass is 16.4. The topological polar surface area (TPSA) is 95.0 Å². The van der Waals surface area contributed by atoms with Gasteiger partial charge in [0.2, 0.25) is 0 Å². The van der Waals surface area contributed by atoms with Gasteiger partial charge in [-0.1, -0.05) is 0 Å². The molecule has 7 nitrogen and oxygen atoms in total. The van der Waals surface area contributed by atoms with Crippen LogP contribution in [0.15, 0.2) is 24.8 Å². The average Bonchev–Trinajstić information content (AvgIpc) is 3.03. The number of nitrogens with one attached hydrogen (secondary N) is 1. The predicted molar refractivity (Wildman–Crippen MR) is 81.8 cm³/mol. The highest BCUT2D eigenvalue weighted by molar-refractivity contribution is 6.07. The van der Waals surface area contributed by atoms with E-state index in [1.165, 1.54) is 0 Å². The van der Waals surface area contributed by atoms with Gasteiger partial charge < -0.3 is 15.0 Å². The number of aromatic amines is 1. The number of piperidine rings is 1. The molecule has 1 unspecified atom stereocenters. The lowest BCUT2D eigenvalue weighted by molar-refractivity contribution is -0.141. The van der Waals surface area contributed by atoms with Gasteiger partial charge in [-0.2, -0.15) is 0 Å². The van der Waals surface area contributed by atoms with Crippen molar-refractivity contribution in [3.05, 3.63) is 24.8 Å². The van der Waals surface area contributed by atoms with Gasteiger partial charge in [0.1, 0.15) is 5.52 Å². The number of rotatable bonds is 2. The molecule has 0 spiro atoms. The van der Waals surface area contributed by atoms with Crippen molar-refractivity contribution >= 4 is 33.7 Å². The van der Waals surface area contributed by atoms with Gasteiger partial charge >= 0.3 is 5.97 Å². The molecule has 112 valence electrons. The second-order valence-electron chi connectivity index (χ2n) is 5.57. The fraction of sp³-hybridized carbons (Fsp3) is 0.333. The van der Waals surface area contributed by atoms with Crippen LogP contribution in [0.2, 0.25) is 0 Å². The summed E-state index contributed by atoms with van der Waals surface area (Å²) in [6.45, 7) is 1.36. The summed E-state index contributed by atoms with van der Waals surface area (Å²) in [6.07, 6.45) is 6.67. The lowest BCUT2D eigenvalue weighted by Gasteiger charge is -2.33. The van der Waals surface area contributed by atoms with E-state index in [2.05, 4.69) is 24.8 Å². The summed E-state index contributed by atoms with van der Waals surface area (Å²) < 4.78 is 0. The van der Waals surface area contributed by atoms with Crippen molar-refractivity contribution in [2.75, 3.05) is 18.0 Å². The maximum absolute atomic E-state index is 11.3. The van der Waals surface area contributed by atoms with Crippen molar-refractivity contribution in [2.45, 2.75) is 12.8 Å².